The summed E-state index contributed by atoms with van der Waals surface area (Å²) in [6.07, 6.45) is 1.14. The van der Waals surface area contributed by atoms with Crippen LogP contribution in [0.3, 0.4) is 0 Å². The van der Waals surface area contributed by atoms with E-state index in [0.29, 0.717) is 0 Å². The second-order valence-corrected chi connectivity index (χ2v) is 10.7. The number of nitrogens with zero attached hydrogens (tertiary/aromatic N) is 1. The van der Waals surface area contributed by atoms with Gasteiger partial charge in [-0.25, -0.2) is 16.8 Å². The molecule has 3 N–H and O–H groups in total. The van der Waals surface area contributed by atoms with Crippen LogP contribution in [-0.2, 0) is 19.7 Å². The maximum atomic E-state index is 12.0. The quantitative estimate of drug-likeness (QED) is 0.783. The minimum absolute atomic E-state index is 0.0469. The van der Waals surface area contributed by atoms with E-state index in [9.17, 15) is 16.8 Å². The fourth-order valence-electron chi connectivity index (χ4n) is 1.28. The number of hydrogen-bond acceptors (Lipinski definition) is 8. The number of hydrogen-bond donors (Lipinski definition) is 2. The summed E-state index contributed by atoms with van der Waals surface area (Å²) in [4.78, 5) is -0.0469. The molecule has 0 aliphatic rings. The Morgan fingerprint density at radius 3 is 2.30 bits per heavy atom. The van der Waals surface area contributed by atoms with Crippen molar-refractivity contribution in [2.24, 2.45) is 0 Å². The monoisotopic (exact) mass is 341 g/mol. The SMILES string of the molecule is CCS(=O)(=O)c1c(N)nsc1NCC(C)(C)S(C)(=O)=O. The molecule has 0 aromatic carbocycles. The molecule has 0 radical (unpaired) electrons. The lowest BCUT2D eigenvalue weighted by molar-refractivity contribution is 0.560. The minimum Gasteiger partial charge on any atom is -0.382 e. The average Bonchev–Trinajstić information content (AvgIpc) is 2.67. The molecule has 0 unspecified atom stereocenters. The summed E-state index contributed by atoms with van der Waals surface area (Å²) in [6.45, 7) is 4.71. The molecule has 1 aromatic heterocycles. The Morgan fingerprint density at radius 1 is 1.30 bits per heavy atom. The summed E-state index contributed by atoms with van der Waals surface area (Å²) in [5.41, 5.74) is 5.59. The van der Waals surface area contributed by atoms with Gasteiger partial charge >= 0.3 is 0 Å². The molecule has 10 heteroatoms. The van der Waals surface area contributed by atoms with Gasteiger partial charge in [0, 0.05) is 12.8 Å². The molecule has 1 heterocycles. The summed E-state index contributed by atoms with van der Waals surface area (Å²) in [5, 5.41) is 3.12. The predicted octanol–water partition coefficient (Wildman–Crippen LogP) is 0.754. The third kappa shape index (κ3) is 3.41. The van der Waals surface area contributed by atoms with Crippen molar-refractivity contribution in [3.05, 3.63) is 0 Å². The summed E-state index contributed by atoms with van der Waals surface area (Å²) >= 11 is 0.910. The van der Waals surface area contributed by atoms with E-state index in [4.69, 9.17) is 5.73 Å². The van der Waals surface area contributed by atoms with E-state index in [-0.39, 0.29) is 28.0 Å². The smallest absolute Gasteiger partial charge is 0.184 e. The Labute approximate surface area is 123 Å². The van der Waals surface area contributed by atoms with Crippen LogP contribution in [-0.4, -0.2) is 44.5 Å². The first kappa shape index (κ1) is 17.2. The van der Waals surface area contributed by atoms with Gasteiger partial charge in [-0.3, -0.25) is 0 Å². The summed E-state index contributed by atoms with van der Waals surface area (Å²) < 4.78 is 49.9. The molecule has 0 bridgehead atoms. The van der Waals surface area contributed by atoms with Gasteiger partial charge in [-0.1, -0.05) is 6.92 Å². The van der Waals surface area contributed by atoms with Gasteiger partial charge in [-0.2, -0.15) is 4.37 Å². The van der Waals surface area contributed by atoms with Crippen LogP contribution in [0.25, 0.3) is 0 Å². The predicted molar refractivity (Wildman–Crippen MR) is 81.7 cm³/mol. The molecule has 1 rings (SSSR count). The number of nitrogens with one attached hydrogen (secondary N) is 1. The van der Waals surface area contributed by atoms with Crippen molar-refractivity contribution in [1.29, 1.82) is 0 Å². The van der Waals surface area contributed by atoms with Crippen LogP contribution in [0.5, 0.6) is 0 Å². The second-order valence-electron chi connectivity index (χ2n) is 5.01. The van der Waals surface area contributed by atoms with E-state index in [1.165, 1.54) is 6.92 Å². The Bertz CT molecular complexity index is 689. The molecule has 0 saturated carbocycles. The first-order valence-corrected chi connectivity index (χ1v) is 10.2. The molecule has 20 heavy (non-hydrogen) atoms. The van der Waals surface area contributed by atoms with Crippen molar-refractivity contribution in [3.8, 4) is 0 Å². The number of anilines is 2. The third-order valence-corrected chi connectivity index (χ3v) is 7.94. The van der Waals surface area contributed by atoms with E-state index in [2.05, 4.69) is 9.69 Å². The van der Waals surface area contributed by atoms with Gasteiger partial charge in [0.15, 0.2) is 25.5 Å². The van der Waals surface area contributed by atoms with Crippen molar-refractivity contribution in [1.82, 2.24) is 4.37 Å². The molecule has 0 saturated heterocycles. The van der Waals surface area contributed by atoms with E-state index >= 15 is 0 Å². The van der Waals surface area contributed by atoms with Crippen LogP contribution in [0.1, 0.15) is 20.8 Å². The zero-order valence-corrected chi connectivity index (χ0v) is 14.2. The number of nitrogen functional groups attached to an aromatic ring is 1. The van der Waals surface area contributed by atoms with Gasteiger partial charge in [0.2, 0.25) is 0 Å². The average molecular weight is 341 g/mol. The van der Waals surface area contributed by atoms with Crippen LogP contribution >= 0.6 is 11.5 Å². The van der Waals surface area contributed by atoms with Crippen molar-refractivity contribution >= 4 is 42.0 Å². The fraction of sp³-hybridized carbons (Fsp3) is 0.700. The minimum atomic E-state index is -3.51. The van der Waals surface area contributed by atoms with Gasteiger partial charge in [0.1, 0.15) is 9.90 Å². The van der Waals surface area contributed by atoms with Crippen LogP contribution < -0.4 is 11.1 Å². The fourth-order valence-corrected chi connectivity index (χ4v) is 3.77. The van der Waals surface area contributed by atoms with Crippen LogP contribution in [0.4, 0.5) is 10.8 Å². The molecule has 0 fully saturated rings. The summed E-state index contributed by atoms with van der Waals surface area (Å²) in [5.74, 6) is -0.156. The van der Waals surface area contributed by atoms with Crippen LogP contribution in [0.15, 0.2) is 4.90 Å². The lowest BCUT2D eigenvalue weighted by Crippen LogP contribution is -2.38. The van der Waals surface area contributed by atoms with Crippen molar-refractivity contribution in [2.75, 3.05) is 29.6 Å². The molecule has 0 amide bonds. The molecule has 116 valence electrons. The second kappa shape index (κ2) is 5.49. The third-order valence-electron chi connectivity index (χ3n) is 3.04. The molecule has 7 nitrogen and oxygen atoms in total. The number of nitrogens with two attached hydrogens (primary N) is 1. The van der Waals surface area contributed by atoms with Gasteiger partial charge in [0.05, 0.1) is 10.5 Å². The van der Waals surface area contributed by atoms with Gasteiger partial charge in [-0.15, -0.1) is 0 Å². The lowest BCUT2D eigenvalue weighted by Gasteiger charge is -2.23. The Balaban J connectivity index is 3.09. The largest absolute Gasteiger partial charge is 0.382 e. The maximum Gasteiger partial charge on any atom is 0.184 e. The molecule has 0 aliphatic heterocycles. The maximum absolute atomic E-state index is 12.0. The summed E-state index contributed by atoms with van der Waals surface area (Å²) in [6, 6.07) is 0. The first-order chi connectivity index (χ1) is 8.92. The highest BCUT2D eigenvalue weighted by Crippen LogP contribution is 2.32. The van der Waals surface area contributed by atoms with Gasteiger partial charge in [-0.05, 0) is 25.4 Å². The lowest BCUT2D eigenvalue weighted by atomic mass is 10.2. The van der Waals surface area contributed by atoms with Gasteiger partial charge < -0.3 is 11.1 Å². The first-order valence-electron chi connectivity index (χ1n) is 5.84. The van der Waals surface area contributed by atoms with E-state index in [0.717, 1.165) is 17.8 Å². The highest BCUT2D eigenvalue weighted by Gasteiger charge is 2.31. The molecular formula is C10H19N3O4S3. The molecule has 0 spiro atoms. The van der Waals surface area contributed by atoms with Crippen LogP contribution in [0, 0.1) is 0 Å². The molecule has 0 aliphatic carbocycles. The van der Waals surface area contributed by atoms with E-state index in [1.54, 1.807) is 13.8 Å². The molecule has 1 aromatic rings. The molecular weight excluding hydrogens is 322 g/mol. The van der Waals surface area contributed by atoms with Crippen molar-refractivity contribution in [2.45, 2.75) is 30.4 Å². The van der Waals surface area contributed by atoms with E-state index in [1.807, 2.05) is 0 Å². The number of sulfone groups is 2. The zero-order valence-electron chi connectivity index (χ0n) is 11.8. The van der Waals surface area contributed by atoms with Crippen molar-refractivity contribution in [3.63, 3.8) is 0 Å². The molecule has 0 atom stereocenters. The standard InChI is InChI=1S/C10H19N3O4S3/c1-5-20(16,17)7-8(11)13-18-9(7)12-6-10(2,3)19(4,14)15/h12H,5-6H2,1-4H3,(H2,11,13). The van der Waals surface area contributed by atoms with E-state index < -0.39 is 24.4 Å². The number of aromatic nitrogens is 1. The topological polar surface area (TPSA) is 119 Å². The Kier molecular flexibility index (Phi) is 4.72. The van der Waals surface area contributed by atoms with Crippen molar-refractivity contribution < 1.29 is 16.8 Å². The van der Waals surface area contributed by atoms with Crippen LogP contribution in [0.2, 0.25) is 0 Å². The number of rotatable bonds is 6. The Morgan fingerprint density at radius 2 is 1.85 bits per heavy atom. The van der Waals surface area contributed by atoms with Gasteiger partial charge in [0.25, 0.3) is 0 Å². The normalized spacial score (nSPS) is 13.4. The summed E-state index contributed by atoms with van der Waals surface area (Å²) in [7, 11) is -6.79. The highest BCUT2D eigenvalue weighted by atomic mass is 32.2. The highest BCUT2D eigenvalue weighted by molar-refractivity contribution is 7.92. The Hall–Kier alpha value is -0.870. The zero-order chi connectivity index (χ0) is 15.8.